The summed E-state index contributed by atoms with van der Waals surface area (Å²) in [6.45, 7) is 2.59. The second-order valence-electron chi connectivity index (χ2n) is 7.94. The molecule has 8 heteroatoms. The number of benzene rings is 2. The van der Waals surface area contributed by atoms with Gasteiger partial charge in [0.05, 0.1) is 11.3 Å². The molecule has 2 heterocycles. The first-order chi connectivity index (χ1) is 16.0. The molecule has 0 aliphatic carbocycles. The van der Waals surface area contributed by atoms with Gasteiger partial charge in [-0.05, 0) is 54.3 Å². The van der Waals surface area contributed by atoms with Crippen molar-refractivity contribution < 1.29 is 4.39 Å². The molecular formula is C26H27ClFN5O. The number of nitrogens with one attached hydrogen (secondary N) is 1. The van der Waals surface area contributed by atoms with Gasteiger partial charge in [0, 0.05) is 37.6 Å². The minimum Gasteiger partial charge on any atom is -0.355 e. The van der Waals surface area contributed by atoms with Crippen molar-refractivity contribution in [3.8, 4) is 22.4 Å². The SMILES string of the molecule is Cc1ccccc1C(N)CCNc1nc(-c2ccncc2)c(-c2ccc(F)cc2)c(=O)n1C.Cl. The predicted octanol–water partition coefficient (Wildman–Crippen LogP) is 4.88. The Morgan fingerprint density at radius 3 is 2.38 bits per heavy atom. The number of halogens is 2. The molecule has 0 aliphatic rings. The summed E-state index contributed by atoms with van der Waals surface area (Å²) in [5, 5.41) is 3.27. The molecular weight excluding hydrogens is 453 g/mol. The summed E-state index contributed by atoms with van der Waals surface area (Å²) in [4.78, 5) is 22.2. The van der Waals surface area contributed by atoms with E-state index in [-0.39, 0.29) is 29.8 Å². The largest absolute Gasteiger partial charge is 0.355 e. The molecule has 2 aromatic carbocycles. The number of nitrogens with zero attached hydrogens (tertiary/aromatic N) is 3. The zero-order valence-corrected chi connectivity index (χ0v) is 19.8. The molecule has 0 radical (unpaired) electrons. The first-order valence-electron chi connectivity index (χ1n) is 10.8. The van der Waals surface area contributed by atoms with Gasteiger partial charge in [-0.1, -0.05) is 36.4 Å². The summed E-state index contributed by atoms with van der Waals surface area (Å²) in [7, 11) is 1.67. The van der Waals surface area contributed by atoms with E-state index in [2.05, 4.69) is 10.3 Å². The van der Waals surface area contributed by atoms with Crippen LogP contribution in [-0.4, -0.2) is 21.1 Å². The lowest BCUT2D eigenvalue weighted by molar-refractivity contribution is 0.628. The summed E-state index contributed by atoms with van der Waals surface area (Å²) in [5.74, 6) is 0.0759. The number of aryl methyl sites for hydroxylation is 1. The van der Waals surface area contributed by atoms with Crippen LogP contribution < -0.4 is 16.6 Å². The molecule has 34 heavy (non-hydrogen) atoms. The minimum absolute atomic E-state index is 0. The van der Waals surface area contributed by atoms with Gasteiger partial charge in [-0.3, -0.25) is 14.3 Å². The van der Waals surface area contributed by atoms with Crippen molar-refractivity contribution in [1.29, 1.82) is 0 Å². The molecule has 0 saturated carbocycles. The third-order valence-corrected chi connectivity index (χ3v) is 5.70. The van der Waals surface area contributed by atoms with E-state index in [1.165, 1.54) is 16.7 Å². The van der Waals surface area contributed by atoms with Crippen molar-refractivity contribution in [3.05, 3.63) is 100 Å². The Balaban J connectivity index is 0.00000324. The molecule has 6 nitrogen and oxygen atoms in total. The summed E-state index contributed by atoms with van der Waals surface area (Å²) >= 11 is 0. The highest BCUT2D eigenvalue weighted by Gasteiger charge is 2.18. The first-order valence-corrected chi connectivity index (χ1v) is 10.8. The summed E-state index contributed by atoms with van der Waals surface area (Å²) in [6.07, 6.45) is 3.97. The second kappa shape index (κ2) is 11.0. The standard InChI is InChI=1S/C26H26FN5O.ClH/c1-17-5-3-4-6-21(17)22(28)13-16-30-26-31-24(19-11-14-29-15-12-19)23(25(33)32(26)2)18-7-9-20(27)10-8-18;/h3-12,14-15,22H,13,16,28H2,1-2H3,(H,30,31);1H. The van der Waals surface area contributed by atoms with E-state index in [1.54, 1.807) is 43.7 Å². The highest BCUT2D eigenvalue weighted by molar-refractivity contribution is 5.85. The number of rotatable bonds is 7. The van der Waals surface area contributed by atoms with Gasteiger partial charge in [-0.2, -0.15) is 0 Å². The van der Waals surface area contributed by atoms with Crippen molar-refractivity contribution in [3.63, 3.8) is 0 Å². The van der Waals surface area contributed by atoms with Gasteiger partial charge >= 0.3 is 0 Å². The van der Waals surface area contributed by atoms with Crippen LogP contribution in [0, 0.1) is 12.7 Å². The van der Waals surface area contributed by atoms with Crippen molar-refractivity contribution >= 4 is 18.4 Å². The van der Waals surface area contributed by atoms with E-state index in [9.17, 15) is 9.18 Å². The number of hydrogen-bond acceptors (Lipinski definition) is 5. The highest BCUT2D eigenvalue weighted by Crippen LogP contribution is 2.29. The van der Waals surface area contributed by atoms with Gasteiger partial charge in [0.25, 0.3) is 5.56 Å². The van der Waals surface area contributed by atoms with Crippen LogP contribution in [0.25, 0.3) is 22.4 Å². The van der Waals surface area contributed by atoms with Crippen molar-refractivity contribution in [2.24, 2.45) is 12.8 Å². The van der Waals surface area contributed by atoms with Gasteiger partial charge in [0.15, 0.2) is 0 Å². The van der Waals surface area contributed by atoms with Gasteiger partial charge in [-0.15, -0.1) is 12.4 Å². The molecule has 0 aliphatic heterocycles. The number of pyridine rings is 1. The smallest absolute Gasteiger partial charge is 0.263 e. The highest BCUT2D eigenvalue weighted by atomic mass is 35.5. The third-order valence-electron chi connectivity index (χ3n) is 5.70. The lowest BCUT2D eigenvalue weighted by Gasteiger charge is -2.18. The van der Waals surface area contributed by atoms with Gasteiger partial charge in [0.2, 0.25) is 5.95 Å². The molecule has 1 atom stereocenters. The fourth-order valence-electron chi connectivity index (χ4n) is 3.85. The maximum Gasteiger partial charge on any atom is 0.263 e. The molecule has 176 valence electrons. The molecule has 0 fully saturated rings. The number of nitrogens with two attached hydrogens (primary N) is 1. The zero-order valence-electron chi connectivity index (χ0n) is 19.0. The second-order valence-corrected chi connectivity index (χ2v) is 7.94. The molecule has 0 spiro atoms. The Kier molecular flexibility index (Phi) is 8.15. The molecule has 1 unspecified atom stereocenters. The third kappa shape index (κ3) is 5.32. The van der Waals surface area contributed by atoms with Crippen LogP contribution in [0.1, 0.15) is 23.6 Å². The van der Waals surface area contributed by atoms with Crippen LogP contribution in [0.3, 0.4) is 0 Å². The maximum atomic E-state index is 13.5. The van der Waals surface area contributed by atoms with Crippen LogP contribution in [0.2, 0.25) is 0 Å². The molecule has 4 aromatic rings. The zero-order chi connectivity index (χ0) is 23.4. The normalized spacial score (nSPS) is 11.5. The Labute approximate surface area is 204 Å². The predicted molar refractivity (Wildman–Crippen MR) is 137 cm³/mol. The minimum atomic E-state index is -0.364. The van der Waals surface area contributed by atoms with Crippen molar-refractivity contribution in [2.75, 3.05) is 11.9 Å². The van der Waals surface area contributed by atoms with Gasteiger partial charge in [0.1, 0.15) is 5.82 Å². The molecule has 0 saturated heterocycles. The fourth-order valence-corrected chi connectivity index (χ4v) is 3.85. The number of aromatic nitrogens is 3. The van der Waals surface area contributed by atoms with E-state index < -0.39 is 0 Å². The number of anilines is 1. The van der Waals surface area contributed by atoms with Crippen LogP contribution in [0.5, 0.6) is 0 Å². The Hall–Kier alpha value is -3.55. The Morgan fingerprint density at radius 2 is 1.71 bits per heavy atom. The lowest BCUT2D eigenvalue weighted by Crippen LogP contribution is -2.26. The van der Waals surface area contributed by atoms with Crippen LogP contribution in [-0.2, 0) is 7.05 Å². The maximum absolute atomic E-state index is 13.5. The van der Waals surface area contributed by atoms with Crippen LogP contribution in [0.15, 0.2) is 77.9 Å². The molecule has 2 aromatic heterocycles. The van der Waals surface area contributed by atoms with Gasteiger partial charge in [-0.25, -0.2) is 9.37 Å². The van der Waals surface area contributed by atoms with Gasteiger partial charge < -0.3 is 11.1 Å². The number of hydrogen-bond donors (Lipinski definition) is 2. The monoisotopic (exact) mass is 479 g/mol. The lowest BCUT2D eigenvalue weighted by atomic mass is 10.00. The first kappa shape index (κ1) is 25.1. The summed E-state index contributed by atoms with van der Waals surface area (Å²) in [5.41, 5.74) is 10.7. The molecule has 3 N–H and O–H groups in total. The molecule has 0 bridgehead atoms. The van der Waals surface area contributed by atoms with Crippen LogP contribution in [0.4, 0.5) is 10.3 Å². The summed E-state index contributed by atoms with van der Waals surface area (Å²) in [6, 6.07) is 17.4. The average Bonchev–Trinajstić information content (AvgIpc) is 2.83. The summed E-state index contributed by atoms with van der Waals surface area (Å²) < 4.78 is 15.0. The fraction of sp³-hybridized carbons (Fsp3) is 0.192. The molecule has 4 rings (SSSR count). The van der Waals surface area contributed by atoms with Crippen molar-refractivity contribution in [1.82, 2.24) is 14.5 Å². The van der Waals surface area contributed by atoms with E-state index in [1.807, 2.05) is 31.2 Å². The van der Waals surface area contributed by atoms with E-state index >= 15 is 0 Å². The van der Waals surface area contributed by atoms with Crippen LogP contribution >= 0.6 is 12.4 Å². The Morgan fingerprint density at radius 1 is 1.03 bits per heavy atom. The van der Waals surface area contributed by atoms with E-state index in [4.69, 9.17) is 10.7 Å². The Bertz CT molecular complexity index is 1310. The quantitative estimate of drug-likeness (QED) is 0.394. The van der Waals surface area contributed by atoms with Crippen molar-refractivity contribution in [2.45, 2.75) is 19.4 Å². The molecule has 0 amide bonds. The van der Waals surface area contributed by atoms with E-state index in [0.29, 0.717) is 35.7 Å². The van der Waals surface area contributed by atoms with E-state index in [0.717, 1.165) is 16.7 Å². The topological polar surface area (TPSA) is 85.8 Å². The average molecular weight is 480 g/mol.